The minimum Gasteiger partial charge on any atom is -0.337 e. The van der Waals surface area contributed by atoms with Crippen molar-refractivity contribution in [1.82, 2.24) is 9.80 Å². The highest BCUT2D eigenvalue weighted by Gasteiger charge is 2.26. The van der Waals surface area contributed by atoms with Crippen LogP contribution in [-0.2, 0) is 4.79 Å². The first-order valence-electron chi connectivity index (χ1n) is 8.66. The number of hydrogen-bond donors (Lipinski definition) is 1. The number of carbonyl (C=O) groups is 2. The lowest BCUT2D eigenvalue weighted by molar-refractivity contribution is -0.120. The molecule has 0 radical (unpaired) electrons. The molecular weight excluding hydrogens is 353 g/mol. The second kappa shape index (κ2) is 8.42. The smallest absolute Gasteiger partial charge is 0.254 e. The van der Waals surface area contributed by atoms with Gasteiger partial charge in [0.2, 0.25) is 5.91 Å². The van der Waals surface area contributed by atoms with Crippen molar-refractivity contribution >= 4 is 28.8 Å². The highest BCUT2D eigenvalue weighted by molar-refractivity contribution is 7.08. The summed E-state index contributed by atoms with van der Waals surface area (Å²) in [7, 11) is 0. The Hall–Kier alpha value is -2.25. The van der Waals surface area contributed by atoms with Gasteiger partial charge in [0.05, 0.1) is 11.6 Å². The summed E-state index contributed by atoms with van der Waals surface area (Å²) in [6, 6.07) is 7.35. The van der Waals surface area contributed by atoms with Crippen molar-refractivity contribution in [3.8, 4) is 0 Å². The van der Waals surface area contributed by atoms with Crippen LogP contribution < -0.4 is 5.32 Å². The zero-order valence-electron chi connectivity index (χ0n) is 14.7. The van der Waals surface area contributed by atoms with Gasteiger partial charge < -0.3 is 10.2 Å². The summed E-state index contributed by atoms with van der Waals surface area (Å²) in [5.41, 5.74) is 1.17. The van der Waals surface area contributed by atoms with Crippen LogP contribution in [0.3, 0.4) is 0 Å². The van der Waals surface area contributed by atoms with Crippen molar-refractivity contribution in [2.75, 3.05) is 31.5 Å². The molecule has 1 aromatic carbocycles. The quantitative estimate of drug-likeness (QED) is 0.894. The van der Waals surface area contributed by atoms with Crippen molar-refractivity contribution < 1.29 is 14.0 Å². The third-order valence-electron chi connectivity index (χ3n) is 4.61. The molecule has 1 aliphatic rings. The maximum Gasteiger partial charge on any atom is 0.254 e. The molecule has 1 saturated heterocycles. The van der Waals surface area contributed by atoms with Gasteiger partial charge in [-0.3, -0.25) is 14.5 Å². The first kappa shape index (κ1) is 18.5. The Bertz CT molecular complexity index is 766. The molecule has 7 heteroatoms. The number of carbonyl (C=O) groups excluding carboxylic acids is 2. The van der Waals surface area contributed by atoms with Gasteiger partial charge >= 0.3 is 0 Å². The molecular formula is C19H22FN3O2S. The number of nitrogens with zero attached hydrogens (tertiary/aromatic N) is 2. The molecule has 1 aliphatic heterocycles. The van der Waals surface area contributed by atoms with E-state index in [0.717, 1.165) is 18.5 Å². The fourth-order valence-electron chi connectivity index (χ4n) is 3.08. The van der Waals surface area contributed by atoms with Crippen molar-refractivity contribution in [1.29, 1.82) is 0 Å². The SMILES string of the molecule is CC(C(=O)Nc1cccc(F)c1)N1CCCN(C(=O)c2ccsc2)CC1. The zero-order chi connectivity index (χ0) is 18.5. The second-order valence-electron chi connectivity index (χ2n) is 6.37. The molecule has 3 rings (SSSR count). The van der Waals surface area contributed by atoms with E-state index in [1.165, 1.54) is 23.5 Å². The first-order chi connectivity index (χ1) is 12.5. The van der Waals surface area contributed by atoms with Crippen molar-refractivity contribution in [3.63, 3.8) is 0 Å². The van der Waals surface area contributed by atoms with Gasteiger partial charge in [-0.15, -0.1) is 0 Å². The van der Waals surface area contributed by atoms with Crippen LogP contribution in [0, 0.1) is 5.82 Å². The average Bonchev–Trinajstić information content (AvgIpc) is 3.05. The molecule has 138 valence electrons. The standard InChI is InChI=1S/C19H22FN3O2S/c1-14(18(24)21-17-5-2-4-16(20)12-17)22-7-3-8-23(10-9-22)19(25)15-6-11-26-13-15/h2,4-6,11-14H,3,7-10H2,1H3,(H,21,24). The summed E-state index contributed by atoms with van der Waals surface area (Å²) in [5, 5.41) is 6.52. The van der Waals surface area contributed by atoms with Crippen LogP contribution >= 0.6 is 11.3 Å². The highest BCUT2D eigenvalue weighted by Crippen LogP contribution is 2.15. The van der Waals surface area contributed by atoms with Gasteiger partial charge in [-0.2, -0.15) is 11.3 Å². The van der Waals surface area contributed by atoms with Gasteiger partial charge in [-0.1, -0.05) is 6.07 Å². The third kappa shape index (κ3) is 4.47. The number of halogens is 1. The molecule has 0 spiro atoms. The Morgan fingerprint density at radius 2 is 2.04 bits per heavy atom. The minimum absolute atomic E-state index is 0.0463. The van der Waals surface area contributed by atoms with Crippen LogP contribution in [0.15, 0.2) is 41.1 Å². The number of thiophene rings is 1. The number of hydrogen-bond acceptors (Lipinski definition) is 4. The normalized spacial score (nSPS) is 16.8. The molecule has 0 aliphatic carbocycles. The number of anilines is 1. The fraction of sp³-hybridized carbons (Fsp3) is 0.368. The number of benzene rings is 1. The Morgan fingerprint density at radius 3 is 2.77 bits per heavy atom. The number of rotatable bonds is 4. The number of nitrogens with one attached hydrogen (secondary N) is 1. The van der Waals surface area contributed by atoms with E-state index in [2.05, 4.69) is 10.2 Å². The van der Waals surface area contributed by atoms with Crippen LogP contribution in [0.2, 0.25) is 0 Å². The Labute approximate surface area is 156 Å². The summed E-state index contributed by atoms with van der Waals surface area (Å²) in [6.45, 7) is 4.49. The molecule has 2 amide bonds. The maximum atomic E-state index is 13.3. The van der Waals surface area contributed by atoms with Crippen LogP contribution in [0.1, 0.15) is 23.7 Å². The van der Waals surface area contributed by atoms with Gasteiger partial charge in [0.1, 0.15) is 5.82 Å². The molecule has 1 atom stereocenters. The fourth-order valence-corrected chi connectivity index (χ4v) is 3.71. The molecule has 0 saturated carbocycles. The van der Waals surface area contributed by atoms with Crippen LogP contribution in [0.4, 0.5) is 10.1 Å². The zero-order valence-corrected chi connectivity index (χ0v) is 15.5. The van der Waals surface area contributed by atoms with Crippen molar-refractivity contribution in [2.45, 2.75) is 19.4 Å². The number of amides is 2. The summed E-state index contributed by atoms with van der Waals surface area (Å²) < 4.78 is 13.3. The van der Waals surface area contributed by atoms with Crippen LogP contribution in [-0.4, -0.2) is 53.8 Å². The van der Waals surface area contributed by atoms with Gasteiger partial charge in [0.25, 0.3) is 5.91 Å². The predicted molar refractivity (Wildman–Crippen MR) is 101 cm³/mol. The lowest BCUT2D eigenvalue weighted by Crippen LogP contribution is -2.44. The van der Waals surface area contributed by atoms with Crippen LogP contribution in [0.5, 0.6) is 0 Å². The van der Waals surface area contributed by atoms with Gasteiger partial charge in [0.15, 0.2) is 0 Å². The molecule has 0 bridgehead atoms. The second-order valence-corrected chi connectivity index (χ2v) is 7.15. The van der Waals surface area contributed by atoms with Gasteiger partial charge in [0, 0.05) is 37.2 Å². The summed E-state index contributed by atoms with van der Waals surface area (Å²) in [5.74, 6) is -0.508. The summed E-state index contributed by atoms with van der Waals surface area (Å²) in [4.78, 5) is 28.9. The molecule has 26 heavy (non-hydrogen) atoms. The molecule has 1 N–H and O–H groups in total. The minimum atomic E-state index is -0.382. The van der Waals surface area contributed by atoms with E-state index in [0.29, 0.717) is 25.3 Å². The molecule has 1 aromatic heterocycles. The molecule has 2 aromatic rings. The Morgan fingerprint density at radius 1 is 1.19 bits per heavy atom. The Balaban J connectivity index is 1.57. The van der Waals surface area contributed by atoms with Crippen LogP contribution in [0.25, 0.3) is 0 Å². The molecule has 2 heterocycles. The third-order valence-corrected chi connectivity index (χ3v) is 5.29. The van der Waals surface area contributed by atoms with E-state index in [1.54, 1.807) is 12.1 Å². The monoisotopic (exact) mass is 375 g/mol. The summed E-state index contributed by atoms with van der Waals surface area (Å²) in [6.07, 6.45) is 0.813. The molecule has 1 fully saturated rings. The van der Waals surface area contributed by atoms with E-state index >= 15 is 0 Å². The van der Waals surface area contributed by atoms with E-state index in [-0.39, 0.29) is 23.7 Å². The Kier molecular flexibility index (Phi) is 6.00. The van der Waals surface area contributed by atoms with Crippen molar-refractivity contribution in [2.24, 2.45) is 0 Å². The lowest BCUT2D eigenvalue weighted by Gasteiger charge is -2.27. The predicted octanol–water partition coefficient (Wildman–Crippen LogP) is 3.06. The largest absolute Gasteiger partial charge is 0.337 e. The topological polar surface area (TPSA) is 52.7 Å². The highest BCUT2D eigenvalue weighted by atomic mass is 32.1. The van der Waals surface area contributed by atoms with Gasteiger partial charge in [-0.25, -0.2) is 4.39 Å². The average molecular weight is 375 g/mol. The lowest BCUT2D eigenvalue weighted by atomic mass is 10.2. The van der Waals surface area contributed by atoms with Crippen molar-refractivity contribution in [3.05, 3.63) is 52.5 Å². The maximum absolute atomic E-state index is 13.3. The summed E-state index contributed by atoms with van der Waals surface area (Å²) >= 11 is 1.51. The van der Waals surface area contributed by atoms with E-state index in [4.69, 9.17) is 0 Å². The van der Waals surface area contributed by atoms with Gasteiger partial charge in [-0.05, 0) is 43.0 Å². The van der Waals surface area contributed by atoms with E-state index in [9.17, 15) is 14.0 Å². The molecule has 1 unspecified atom stereocenters. The van der Waals surface area contributed by atoms with E-state index < -0.39 is 0 Å². The van der Waals surface area contributed by atoms with E-state index in [1.807, 2.05) is 28.7 Å². The molecule has 5 nitrogen and oxygen atoms in total. The first-order valence-corrected chi connectivity index (χ1v) is 9.61.